The van der Waals surface area contributed by atoms with Gasteiger partial charge in [-0.15, -0.1) is 22.7 Å². The van der Waals surface area contributed by atoms with Gasteiger partial charge < -0.3 is 5.32 Å². The molecule has 0 saturated heterocycles. The van der Waals surface area contributed by atoms with Crippen LogP contribution in [0.2, 0.25) is 0 Å². The predicted octanol–water partition coefficient (Wildman–Crippen LogP) is 5.26. The van der Waals surface area contributed by atoms with Crippen LogP contribution >= 0.6 is 22.7 Å². The van der Waals surface area contributed by atoms with Crippen LogP contribution in [0.15, 0.2) is 59.6 Å². The summed E-state index contributed by atoms with van der Waals surface area (Å²) >= 11 is 3.42. The van der Waals surface area contributed by atoms with Crippen molar-refractivity contribution in [1.82, 2.24) is 9.97 Å². The molecule has 5 heteroatoms. The third kappa shape index (κ3) is 2.85. The minimum Gasteiger partial charge on any atom is -0.357 e. The molecule has 0 bridgehead atoms. The van der Waals surface area contributed by atoms with Gasteiger partial charge in [-0.3, -0.25) is 0 Å². The molecule has 1 unspecified atom stereocenters. The van der Waals surface area contributed by atoms with E-state index in [4.69, 9.17) is 0 Å². The smallest absolute Gasteiger partial charge is 0.148 e. The van der Waals surface area contributed by atoms with E-state index in [1.54, 1.807) is 29.0 Å². The van der Waals surface area contributed by atoms with Crippen molar-refractivity contribution in [2.45, 2.75) is 13.0 Å². The molecule has 3 nitrogen and oxygen atoms in total. The number of nitrogens with zero attached hydrogens (tertiary/aromatic N) is 2. The Bertz CT molecular complexity index is 911. The van der Waals surface area contributed by atoms with Gasteiger partial charge in [0.15, 0.2) is 0 Å². The summed E-state index contributed by atoms with van der Waals surface area (Å²) in [6.45, 7) is 2.11. The Morgan fingerprint density at radius 1 is 0.957 bits per heavy atom. The van der Waals surface area contributed by atoms with E-state index in [2.05, 4.69) is 69.4 Å². The minimum absolute atomic E-state index is 0.0933. The molecule has 0 fully saturated rings. The SMILES string of the molecule is Cc1ccc(C(Nc2ncnc3ccsc23)c2cccs2)cc1. The molecule has 0 amide bonds. The summed E-state index contributed by atoms with van der Waals surface area (Å²) in [5.74, 6) is 0.893. The van der Waals surface area contributed by atoms with Crippen LogP contribution in [0, 0.1) is 6.92 Å². The number of hydrogen-bond acceptors (Lipinski definition) is 5. The molecule has 0 saturated carbocycles. The van der Waals surface area contributed by atoms with E-state index in [0.717, 1.165) is 16.0 Å². The number of rotatable bonds is 4. The maximum atomic E-state index is 4.46. The third-order valence-electron chi connectivity index (χ3n) is 3.76. The van der Waals surface area contributed by atoms with Crippen LogP contribution in [0.3, 0.4) is 0 Å². The lowest BCUT2D eigenvalue weighted by molar-refractivity contribution is 0.950. The highest BCUT2D eigenvalue weighted by atomic mass is 32.1. The van der Waals surface area contributed by atoms with Crippen molar-refractivity contribution in [2.24, 2.45) is 0 Å². The molecule has 114 valence electrons. The zero-order valence-corrected chi connectivity index (χ0v) is 14.2. The van der Waals surface area contributed by atoms with Gasteiger partial charge in [0.2, 0.25) is 0 Å². The first-order valence-electron chi connectivity index (χ1n) is 7.36. The first-order valence-corrected chi connectivity index (χ1v) is 9.12. The molecule has 4 aromatic rings. The van der Waals surface area contributed by atoms with Gasteiger partial charge >= 0.3 is 0 Å². The molecule has 1 aromatic carbocycles. The zero-order chi connectivity index (χ0) is 15.6. The maximum Gasteiger partial charge on any atom is 0.148 e. The van der Waals surface area contributed by atoms with Gasteiger partial charge in [0.25, 0.3) is 0 Å². The first-order chi connectivity index (χ1) is 11.3. The summed E-state index contributed by atoms with van der Waals surface area (Å²) in [6.07, 6.45) is 1.62. The lowest BCUT2D eigenvalue weighted by atomic mass is 10.0. The normalized spacial score (nSPS) is 12.4. The molecule has 3 heterocycles. The highest BCUT2D eigenvalue weighted by Crippen LogP contribution is 2.33. The minimum atomic E-state index is 0.0933. The number of thiophene rings is 2. The van der Waals surface area contributed by atoms with Gasteiger partial charge in [0, 0.05) is 4.88 Å². The monoisotopic (exact) mass is 337 g/mol. The van der Waals surface area contributed by atoms with E-state index in [9.17, 15) is 0 Å². The Morgan fingerprint density at radius 3 is 2.61 bits per heavy atom. The van der Waals surface area contributed by atoms with Gasteiger partial charge in [-0.05, 0) is 35.4 Å². The molecular formula is C18H15N3S2. The molecule has 0 radical (unpaired) electrons. The standard InChI is InChI=1S/C18H15N3S2/c1-12-4-6-13(7-5-12)16(15-3-2-9-22-15)21-18-17-14(8-10-23-17)19-11-20-18/h2-11,16H,1H3,(H,19,20,21). The second-order valence-electron chi connectivity index (χ2n) is 5.36. The third-order valence-corrected chi connectivity index (χ3v) is 5.61. The van der Waals surface area contributed by atoms with Crippen LogP contribution in [0.5, 0.6) is 0 Å². The fraction of sp³-hybridized carbons (Fsp3) is 0.111. The average molecular weight is 337 g/mol. The zero-order valence-electron chi connectivity index (χ0n) is 12.6. The van der Waals surface area contributed by atoms with Gasteiger partial charge in [-0.2, -0.15) is 0 Å². The number of fused-ring (bicyclic) bond motifs is 1. The number of benzene rings is 1. The molecular weight excluding hydrogens is 322 g/mol. The number of aryl methyl sites for hydroxylation is 1. The Hall–Kier alpha value is -2.24. The lowest BCUT2D eigenvalue weighted by Gasteiger charge is -2.19. The van der Waals surface area contributed by atoms with E-state index < -0.39 is 0 Å². The van der Waals surface area contributed by atoms with Crippen molar-refractivity contribution < 1.29 is 0 Å². The Morgan fingerprint density at radius 2 is 1.83 bits per heavy atom. The number of anilines is 1. The summed E-state index contributed by atoms with van der Waals surface area (Å²) in [5, 5.41) is 7.78. The molecule has 0 aliphatic heterocycles. The van der Waals surface area contributed by atoms with Crippen molar-refractivity contribution in [3.05, 3.63) is 75.6 Å². The molecule has 1 N–H and O–H groups in total. The van der Waals surface area contributed by atoms with Crippen LogP contribution in [-0.2, 0) is 0 Å². The van der Waals surface area contributed by atoms with E-state index in [1.165, 1.54) is 16.0 Å². The highest BCUT2D eigenvalue weighted by molar-refractivity contribution is 7.17. The molecule has 0 aliphatic carbocycles. The van der Waals surface area contributed by atoms with Crippen LogP contribution in [-0.4, -0.2) is 9.97 Å². The molecule has 1 atom stereocenters. The van der Waals surface area contributed by atoms with Crippen LogP contribution < -0.4 is 5.32 Å². The summed E-state index contributed by atoms with van der Waals surface area (Å²) in [6, 6.07) is 15.0. The number of hydrogen-bond donors (Lipinski definition) is 1. The van der Waals surface area contributed by atoms with E-state index in [-0.39, 0.29) is 6.04 Å². The topological polar surface area (TPSA) is 37.8 Å². The second-order valence-corrected chi connectivity index (χ2v) is 7.26. The largest absolute Gasteiger partial charge is 0.357 e. The number of nitrogens with one attached hydrogen (secondary N) is 1. The predicted molar refractivity (Wildman–Crippen MR) is 98.4 cm³/mol. The van der Waals surface area contributed by atoms with Crippen molar-refractivity contribution in [3.8, 4) is 0 Å². The van der Waals surface area contributed by atoms with Crippen molar-refractivity contribution in [1.29, 1.82) is 0 Å². The van der Waals surface area contributed by atoms with Crippen LogP contribution in [0.1, 0.15) is 22.0 Å². The molecule has 0 spiro atoms. The fourth-order valence-corrected chi connectivity index (χ4v) is 4.16. The Balaban J connectivity index is 1.77. The molecule has 0 aliphatic rings. The first kappa shape index (κ1) is 14.4. The van der Waals surface area contributed by atoms with Gasteiger partial charge in [-0.25, -0.2) is 9.97 Å². The van der Waals surface area contributed by atoms with Crippen LogP contribution in [0.25, 0.3) is 10.2 Å². The molecule has 3 aromatic heterocycles. The summed E-state index contributed by atoms with van der Waals surface area (Å²) in [5.41, 5.74) is 3.49. The summed E-state index contributed by atoms with van der Waals surface area (Å²) < 4.78 is 1.10. The van der Waals surface area contributed by atoms with Crippen molar-refractivity contribution in [3.63, 3.8) is 0 Å². The van der Waals surface area contributed by atoms with Gasteiger partial charge in [0.05, 0.1) is 16.3 Å². The lowest BCUT2D eigenvalue weighted by Crippen LogP contribution is -2.12. The Kier molecular flexibility index (Phi) is 3.81. The van der Waals surface area contributed by atoms with E-state index >= 15 is 0 Å². The van der Waals surface area contributed by atoms with Crippen molar-refractivity contribution >= 4 is 38.7 Å². The Labute approximate surface area is 142 Å². The highest BCUT2D eigenvalue weighted by Gasteiger charge is 2.17. The van der Waals surface area contributed by atoms with Crippen LogP contribution in [0.4, 0.5) is 5.82 Å². The molecule has 4 rings (SSSR count). The summed E-state index contributed by atoms with van der Waals surface area (Å²) in [4.78, 5) is 10.1. The van der Waals surface area contributed by atoms with Crippen molar-refractivity contribution in [2.75, 3.05) is 5.32 Å². The van der Waals surface area contributed by atoms with Gasteiger partial charge in [0.1, 0.15) is 12.1 Å². The van der Waals surface area contributed by atoms with E-state index in [1.807, 2.05) is 6.07 Å². The second kappa shape index (κ2) is 6.10. The van der Waals surface area contributed by atoms with Gasteiger partial charge in [-0.1, -0.05) is 35.9 Å². The average Bonchev–Trinajstić information content (AvgIpc) is 3.25. The quantitative estimate of drug-likeness (QED) is 0.552. The fourth-order valence-electron chi connectivity index (χ4n) is 2.56. The molecule has 23 heavy (non-hydrogen) atoms. The van der Waals surface area contributed by atoms with E-state index in [0.29, 0.717) is 0 Å². The summed E-state index contributed by atoms with van der Waals surface area (Å²) in [7, 11) is 0. The number of aromatic nitrogens is 2. The maximum absolute atomic E-state index is 4.46.